The number of alkyl halides is 3. The van der Waals surface area contributed by atoms with E-state index in [2.05, 4.69) is 10.3 Å². The van der Waals surface area contributed by atoms with E-state index < -0.39 is 29.3 Å². The lowest BCUT2D eigenvalue weighted by Gasteiger charge is -2.09. The van der Waals surface area contributed by atoms with Crippen LogP contribution in [0.5, 0.6) is 0 Å². The van der Waals surface area contributed by atoms with Crippen molar-refractivity contribution < 1.29 is 26.7 Å². The van der Waals surface area contributed by atoms with Crippen molar-refractivity contribution in [2.75, 3.05) is 5.32 Å². The minimum absolute atomic E-state index is 0.0848. The van der Waals surface area contributed by atoms with Gasteiger partial charge in [0.2, 0.25) is 0 Å². The lowest BCUT2D eigenvalue weighted by molar-refractivity contribution is -0.137. The van der Waals surface area contributed by atoms with E-state index in [-0.39, 0.29) is 27.7 Å². The van der Waals surface area contributed by atoms with Gasteiger partial charge >= 0.3 is 6.18 Å². The first-order valence-electron chi connectivity index (χ1n) is 7.70. The quantitative estimate of drug-likeness (QED) is 0.519. The van der Waals surface area contributed by atoms with Crippen LogP contribution in [0.25, 0.3) is 0 Å². The fourth-order valence-corrected chi connectivity index (χ4v) is 3.34. The lowest BCUT2D eigenvalue weighted by atomic mass is 10.1. The van der Waals surface area contributed by atoms with Gasteiger partial charge in [-0.05, 0) is 42.0 Å². The van der Waals surface area contributed by atoms with Crippen molar-refractivity contribution in [3.63, 3.8) is 0 Å². The average Bonchev–Trinajstić information content (AvgIpc) is 3.05. The third kappa shape index (κ3) is 4.66. The molecule has 10 heteroatoms. The number of anilines is 1. The molecular weight excluding hydrogens is 423 g/mol. The molecule has 0 aliphatic rings. The second kappa shape index (κ2) is 7.84. The molecule has 0 spiro atoms. The summed E-state index contributed by atoms with van der Waals surface area (Å²) >= 11 is 7.01. The Hall–Kier alpha value is -2.52. The number of thiazole rings is 1. The predicted octanol–water partition coefficient (Wildman–Crippen LogP) is 5.94. The van der Waals surface area contributed by atoms with Gasteiger partial charge in [0.15, 0.2) is 16.8 Å². The second-order valence-corrected chi connectivity index (χ2v) is 7.22. The maximum atomic E-state index is 13.2. The number of nitrogens with one attached hydrogen (secondary N) is 1. The van der Waals surface area contributed by atoms with Crippen molar-refractivity contribution in [2.24, 2.45) is 0 Å². The molecule has 0 bridgehead atoms. The number of carbonyl (C=O) groups excluding carboxylic acids is 1. The summed E-state index contributed by atoms with van der Waals surface area (Å²) < 4.78 is 64.7. The van der Waals surface area contributed by atoms with E-state index in [1.165, 1.54) is 12.3 Å². The van der Waals surface area contributed by atoms with Gasteiger partial charge in [-0.2, -0.15) is 13.2 Å². The number of nitrogens with zero attached hydrogens (tertiary/aromatic N) is 1. The highest BCUT2D eigenvalue weighted by atomic mass is 35.5. The molecule has 1 N–H and O–H groups in total. The third-order valence-corrected chi connectivity index (χ3v) is 4.98. The van der Waals surface area contributed by atoms with E-state index in [9.17, 15) is 26.7 Å². The summed E-state index contributed by atoms with van der Waals surface area (Å²) in [5, 5.41) is 2.76. The molecule has 1 aromatic heterocycles. The molecule has 3 aromatic rings. The molecule has 28 heavy (non-hydrogen) atoms. The zero-order valence-electron chi connectivity index (χ0n) is 13.8. The highest BCUT2D eigenvalue weighted by Crippen LogP contribution is 2.33. The van der Waals surface area contributed by atoms with Crippen molar-refractivity contribution in [1.29, 1.82) is 0 Å². The van der Waals surface area contributed by atoms with Crippen LogP contribution < -0.4 is 5.32 Å². The number of hydrogen-bond donors (Lipinski definition) is 1. The molecule has 0 atom stereocenters. The first-order chi connectivity index (χ1) is 13.1. The van der Waals surface area contributed by atoms with Crippen molar-refractivity contribution in [3.05, 3.63) is 80.8 Å². The molecule has 0 fully saturated rings. The van der Waals surface area contributed by atoms with Crippen LogP contribution in [0.1, 0.15) is 26.4 Å². The van der Waals surface area contributed by atoms with E-state index in [1.54, 1.807) is 0 Å². The summed E-state index contributed by atoms with van der Waals surface area (Å²) in [5.41, 5.74) is -0.654. The number of aromatic nitrogens is 1. The van der Waals surface area contributed by atoms with Crippen LogP contribution in [0, 0.1) is 11.6 Å². The number of benzene rings is 2. The molecular formula is C18H10ClF5N2OS. The first kappa shape index (κ1) is 20.2. The van der Waals surface area contributed by atoms with Crippen LogP contribution in [-0.4, -0.2) is 10.9 Å². The van der Waals surface area contributed by atoms with Crippen LogP contribution in [-0.2, 0) is 12.6 Å². The van der Waals surface area contributed by atoms with Gasteiger partial charge in [0.1, 0.15) is 0 Å². The smallest absolute Gasteiger partial charge is 0.298 e. The Morgan fingerprint density at radius 2 is 1.86 bits per heavy atom. The molecule has 2 aromatic carbocycles. The average molecular weight is 433 g/mol. The zero-order valence-corrected chi connectivity index (χ0v) is 15.4. The summed E-state index contributed by atoms with van der Waals surface area (Å²) in [6.07, 6.45) is -3.01. The zero-order chi connectivity index (χ0) is 20.5. The van der Waals surface area contributed by atoms with Crippen LogP contribution >= 0.6 is 22.9 Å². The van der Waals surface area contributed by atoms with E-state index in [0.29, 0.717) is 4.88 Å². The normalized spacial score (nSPS) is 11.5. The topological polar surface area (TPSA) is 42.0 Å². The fourth-order valence-electron chi connectivity index (χ4n) is 2.33. The van der Waals surface area contributed by atoms with Crippen LogP contribution in [0.2, 0.25) is 5.02 Å². The number of halogens is 6. The van der Waals surface area contributed by atoms with Gasteiger partial charge in [-0.1, -0.05) is 11.6 Å². The Morgan fingerprint density at radius 1 is 1.11 bits per heavy atom. The number of rotatable bonds is 4. The van der Waals surface area contributed by atoms with Crippen molar-refractivity contribution >= 4 is 34.0 Å². The summed E-state index contributed by atoms with van der Waals surface area (Å²) in [5.74, 6) is -2.94. The van der Waals surface area contributed by atoms with Crippen LogP contribution in [0.3, 0.4) is 0 Å². The van der Waals surface area contributed by atoms with Gasteiger partial charge in [-0.25, -0.2) is 13.8 Å². The minimum Gasteiger partial charge on any atom is -0.298 e. The number of amides is 1. The van der Waals surface area contributed by atoms with Crippen molar-refractivity contribution in [1.82, 2.24) is 4.98 Å². The summed E-state index contributed by atoms with van der Waals surface area (Å²) in [7, 11) is 0. The highest BCUT2D eigenvalue weighted by Gasteiger charge is 2.31. The third-order valence-electron chi connectivity index (χ3n) is 3.69. The van der Waals surface area contributed by atoms with Crippen molar-refractivity contribution in [3.8, 4) is 0 Å². The first-order valence-corrected chi connectivity index (χ1v) is 8.89. The summed E-state index contributed by atoms with van der Waals surface area (Å²) in [6, 6.07) is 5.72. The Morgan fingerprint density at radius 3 is 2.54 bits per heavy atom. The molecule has 3 nitrogen and oxygen atoms in total. The molecule has 3 rings (SSSR count). The molecule has 1 heterocycles. The fraction of sp³-hybridized carbons (Fsp3) is 0.111. The summed E-state index contributed by atoms with van der Waals surface area (Å²) in [6.45, 7) is 0. The molecule has 0 saturated carbocycles. The maximum absolute atomic E-state index is 13.2. The lowest BCUT2D eigenvalue weighted by Crippen LogP contribution is -2.12. The maximum Gasteiger partial charge on any atom is 0.416 e. The van der Waals surface area contributed by atoms with Gasteiger partial charge in [0.05, 0.1) is 5.56 Å². The molecule has 146 valence electrons. The van der Waals surface area contributed by atoms with E-state index in [4.69, 9.17) is 11.6 Å². The molecule has 0 radical (unpaired) electrons. The monoisotopic (exact) mass is 432 g/mol. The molecule has 1 amide bonds. The Kier molecular flexibility index (Phi) is 5.66. The van der Waals surface area contributed by atoms with Gasteiger partial charge in [0.25, 0.3) is 5.91 Å². The van der Waals surface area contributed by atoms with Gasteiger partial charge in [-0.3, -0.25) is 10.1 Å². The van der Waals surface area contributed by atoms with Gasteiger partial charge < -0.3 is 0 Å². The van der Waals surface area contributed by atoms with Gasteiger partial charge in [0, 0.05) is 28.1 Å². The second-order valence-electron chi connectivity index (χ2n) is 5.70. The molecule has 0 aliphatic heterocycles. The molecule has 0 saturated heterocycles. The van der Waals surface area contributed by atoms with E-state index in [1.807, 2.05) is 0 Å². The molecule has 0 aliphatic carbocycles. The number of carbonyl (C=O) groups is 1. The predicted molar refractivity (Wildman–Crippen MR) is 95.7 cm³/mol. The van der Waals surface area contributed by atoms with E-state index in [0.717, 1.165) is 41.7 Å². The summed E-state index contributed by atoms with van der Waals surface area (Å²) in [4.78, 5) is 16.6. The van der Waals surface area contributed by atoms with Gasteiger partial charge in [-0.15, -0.1) is 11.3 Å². The van der Waals surface area contributed by atoms with Crippen LogP contribution in [0.4, 0.5) is 27.1 Å². The standard InChI is InChI=1S/C18H10ClF5N2OS/c19-13-3-2-11(18(22,23)24)5-10(13)6-12-8-25-17(28-12)26-16(27)9-1-4-14(20)15(21)7-9/h1-5,7-8H,6H2,(H,25,26,27). The van der Waals surface area contributed by atoms with E-state index >= 15 is 0 Å². The highest BCUT2D eigenvalue weighted by molar-refractivity contribution is 7.15. The van der Waals surface area contributed by atoms with Crippen LogP contribution in [0.15, 0.2) is 42.6 Å². The Balaban J connectivity index is 1.74. The molecule has 0 unspecified atom stereocenters. The minimum atomic E-state index is -4.49. The Labute approximate surface area is 164 Å². The largest absolute Gasteiger partial charge is 0.416 e. The Bertz CT molecular complexity index is 1040. The van der Waals surface area contributed by atoms with Crippen molar-refractivity contribution in [2.45, 2.75) is 12.6 Å². The SMILES string of the molecule is O=C(Nc1ncc(Cc2cc(C(F)(F)F)ccc2Cl)s1)c1ccc(F)c(F)c1. The number of hydrogen-bond acceptors (Lipinski definition) is 3.